The van der Waals surface area contributed by atoms with Crippen molar-refractivity contribution in [1.29, 1.82) is 0 Å². The maximum atomic E-state index is 13.3. The van der Waals surface area contributed by atoms with Crippen molar-refractivity contribution in [1.82, 2.24) is 4.90 Å². The lowest BCUT2D eigenvalue weighted by molar-refractivity contribution is -0.263. The molecule has 248 valence electrons. The average Bonchev–Trinajstić information content (AvgIpc) is 2.90. The summed E-state index contributed by atoms with van der Waals surface area (Å²) in [5, 5.41) is 10.9. The van der Waals surface area contributed by atoms with Gasteiger partial charge >= 0.3 is 17.9 Å². The Morgan fingerprint density at radius 3 is 2.30 bits per heavy atom. The summed E-state index contributed by atoms with van der Waals surface area (Å²) in [5.74, 6) is -0.716. The minimum atomic E-state index is -0.666. The van der Waals surface area contributed by atoms with Crippen LogP contribution in [0.2, 0.25) is 0 Å². The number of carboxylic acids is 1. The molecule has 0 radical (unpaired) electrons. The standard InChI is InChI=1S/C36H57NO7/c1-21(2)22(3)32(5)15-16-34(7)24-11-12-27-33(6)19-42-20-36(27,25(24)13-14-35(34,8)29(32)31(40)41)17-26(43-23(4)38)30(33)44-28(39)18-37(9)10/h13,21-22,24,26-27,29-30H,11-12,14-20H2,1-10H3,(H,40,41)/t22-,24+,26-,27+,29-,30+,32-,33-,34-,35+,36+/m1/s1. The molecule has 0 unspecified atom stereocenters. The zero-order valence-corrected chi connectivity index (χ0v) is 28.8. The molecule has 8 heteroatoms. The van der Waals surface area contributed by atoms with Gasteiger partial charge in [0, 0.05) is 17.8 Å². The summed E-state index contributed by atoms with van der Waals surface area (Å²) in [5.41, 5.74) is -0.394. The third-order valence-corrected chi connectivity index (χ3v) is 14.1. The van der Waals surface area contributed by atoms with Crippen molar-refractivity contribution in [3.63, 3.8) is 0 Å². The number of fused-ring (bicyclic) bond motifs is 3. The van der Waals surface area contributed by atoms with Gasteiger partial charge in [0.25, 0.3) is 0 Å². The fourth-order valence-corrected chi connectivity index (χ4v) is 11.5. The summed E-state index contributed by atoms with van der Waals surface area (Å²) >= 11 is 0. The number of hydrogen-bond donors (Lipinski definition) is 1. The predicted molar refractivity (Wildman–Crippen MR) is 168 cm³/mol. The highest BCUT2D eigenvalue weighted by Crippen LogP contribution is 2.75. The Bertz CT molecular complexity index is 1210. The second-order valence-corrected chi connectivity index (χ2v) is 16.8. The summed E-state index contributed by atoms with van der Waals surface area (Å²) < 4.78 is 18.7. The van der Waals surface area contributed by atoms with E-state index in [0.29, 0.717) is 32.0 Å². The first-order chi connectivity index (χ1) is 20.4. The Morgan fingerprint density at radius 1 is 1.02 bits per heavy atom. The Morgan fingerprint density at radius 2 is 1.70 bits per heavy atom. The lowest BCUT2D eigenvalue weighted by atomic mass is 9.34. The van der Waals surface area contributed by atoms with Gasteiger partial charge in [-0.1, -0.05) is 60.1 Å². The Labute approximate surface area is 264 Å². The molecule has 3 saturated carbocycles. The van der Waals surface area contributed by atoms with E-state index in [1.807, 2.05) is 14.1 Å². The van der Waals surface area contributed by atoms with Crippen LogP contribution in [0.5, 0.6) is 0 Å². The van der Waals surface area contributed by atoms with Crippen molar-refractivity contribution in [3.05, 3.63) is 11.6 Å². The number of allylic oxidation sites excluding steroid dienone is 1. The zero-order valence-electron chi connectivity index (χ0n) is 28.8. The van der Waals surface area contributed by atoms with Crippen molar-refractivity contribution >= 4 is 17.9 Å². The molecule has 1 aliphatic heterocycles. The predicted octanol–water partition coefficient (Wildman–Crippen LogP) is 5.98. The third kappa shape index (κ3) is 4.70. The molecule has 4 aliphatic carbocycles. The molecule has 2 bridgehead atoms. The van der Waals surface area contributed by atoms with Gasteiger partial charge in [-0.05, 0) is 92.5 Å². The van der Waals surface area contributed by atoms with Gasteiger partial charge < -0.3 is 19.3 Å². The Hall–Kier alpha value is -1.93. The van der Waals surface area contributed by atoms with E-state index in [1.54, 1.807) is 4.90 Å². The lowest BCUT2D eigenvalue weighted by Crippen LogP contribution is -2.70. The van der Waals surface area contributed by atoms with E-state index >= 15 is 0 Å². The second-order valence-electron chi connectivity index (χ2n) is 16.8. The van der Waals surface area contributed by atoms with Crippen molar-refractivity contribution in [3.8, 4) is 0 Å². The SMILES string of the molecule is CC(=O)O[C@@H]1C[C@@]23COC[C@](C)([C@@H]2CC[C@H]2C3=CC[C@@]3(C)[C@H](C(=O)O)[C@@](C)([C@H](C)C(C)C)CC[C@]23C)[C@H]1OC(=O)CN(C)C. The number of nitrogens with zero attached hydrogens (tertiary/aromatic N) is 1. The number of hydrogen-bond acceptors (Lipinski definition) is 7. The number of rotatable bonds is 7. The molecule has 11 atom stereocenters. The number of esters is 2. The second kappa shape index (κ2) is 11.1. The smallest absolute Gasteiger partial charge is 0.320 e. The van der Waals surface area contributed by atoms with Crippen LogP contribution in [0.3, 0.4) is 0 Å². The van der Waals surface area contributed by atoms with Crippen molar-refractivity contribution in [2.24, 2.45) is 56.7 Å². The maximum absolute atomic E-state index is 13.3. The van der Waals surface area contributed by atoms with Gasteiger partial charge in [-0.25, -0.2) is 0 Å². The van der Waals surface area contributed by atoms with Crippen LogP contribution in [-0.4, -0.2) is 74.0 Å². The van der Waals surface area contributed by atoms with E-state index in [9.17, 15) is 19.5 Å². The Balaban J connectivity index is 1.59. The van der Waals surface area contributed by atoms with Gasteiger partial charge in [0.15, 0.2) is 0 Å². The molecule has 0 amide bonds. The molecule has 0 spiro atoms. The van der Waals surface area contributed by atoms with E-state index in [4.69, 9.17) is 14.2 Å². The molecule has 1 N–H and O–H groups in total. The molecule has 1 saturated heterocycles. The number of carboxylic acid groups (broad SMARTS) is 1. The highest BCUT2D eigenvalue weighted by Gasteiger charge is 2.72. The molecule has 1 heterocycles. The lowest BCUT2D eigenvalue weighted by Gasteiger charge is -2.71. The molecular formula is C36H57NO7. The number of aliphatic carboxylic acids is 1. The third-order valence-electron chi connectivity index (χ3n) is 14.1. The molecule has 0 aromatic heterocycles. The first-order valence-corrected chi connectivity index (χ1v) is 16.9. The van der Waals surface area contributed by atoms with E-state index in [-0.39, 0.29) is 52.5 Å². The molecule has 4 fully saturated rings. The van der Waals surface area contributed by atoms with E-state index in [0.717, 1.165) is 25.7 Å². The molecule has 5 aliphatic rings. The van der Waals surface area contributed by atoms with Crippen LogP contribution in [0.15, 0.2) is 11.6 Å². The van der Waals surface area contributed by atoms with Crippen LogP contribution in [0, 0.1) is 56.7 Å². The monoisotopic (exact) mass is 615 g/mol. The number of ether oxygens (including phenoxy) is 3. The minimum absolute atomic E-state index is 0.152. The van der Waals surface area contributed by atoms with Crippen LogP contribution >= 0.6 is 0 Å². The number of likely N-dealkylation sites (N-methyl/N-ethyl adjacent to an activating group) is 1. The highest BCUT2D eigenvalue weighted by atomic mass is 16.6. The summed E-state index contributed by atoms with van der Waals surface area (Å²) in [7, 11) is 3.67. The topological polar surface area (TPSA) is 102 Å². The summed E-state index contributed by atoms with van der Waals surface area (Å²) in [6, 6.07) is 0. The van der Waals surface area contributed by atoms with Crippen LogP contribution < -0.4 is 0 Å². The van der Waals surface area contributed by atoms with Gasteiger partial charge in [-0.3, -0.25) is 19.3 Å². The molecule has 5 rings (SSSR count). The molecule has 0 aromatic rings. The van der Waals surface area contributed by atoms with E-state index < -0.39 is 34.9 Å². The molecule has 8 nitrogen and oxygen atoms in total. The quantitative estimate of drug-likeness (QED) is 0.276. The normalized spacial score (nSPS) is 45.4. The summed E-state index contributed by atoms with van der Waals surface area (Å²) in [6.07, 6.45) is 6.27. The summed E-state index contributed by atoms with van der Waals surface area (Å²) in [6.45, 7) is 18.3. The number of carbonyl (C=O) groups is 3. The van der Waals surface area contributed by atoms with Crippen LogP contribution in [0.1, 0.15) is 93.9 Å². The molecule has 44 heavy (non-hydrogen) atoms. The zero-order chi connectivity index (χ0) is 32.6. The van der Waals surface area contributed by atoms with Crippen molar-refractivity contribution in [2.75, 3.05) is 33.9 Å². The highest BCUT2D eigenvalue weighted by molar-refractivity contribution is 5.73. The van der Waals surface area contributed by atoms with Crippen LogP contribution in [-0.2, 0) is 28.6 Å². The minimum Gasteiger partial charge on any atom is -0.481 e. The first-order valence-electron chi connectivity index (χ1n) is 16.9. The van der Waals surface area contributed by atoms with Gasteiger partial charge in [0.05, 0.1) is 25.7 Å². The number of carbonyl (C=O) groups excluding carboxylic acids is 2. The van der Waals surface area contributed by atoms with E-state index in [1.165, 1.54) is 12.5 Å². The van der Waals surface area contributed by atoms with Gasteiger partial charge in [-0.15, -0.1) is 0 Å². The maximum Gasteiger partial charge on any atom is 0.320 e. The largest absolute Gasteiger partial charge is 0.481 e. The van der Waals surface area contributed by atoms with Gasteiger partial charge in [-0.2, -0.15) is 0 Å². The van der Waals surface area contributed by atoms with E-state index in [2.05, 4.69) is 54.5 Å². The Kier molecular flexibility index (Phi) is 8.44. The summed E-state index contributed by atoms with van der Waals surface area (Å²) in [4.78, 5) is 40.5. The van der Waals surface area contributed by atoms with Gasteiger partial charge in [0.2, 0.25) is 0 Å². The van der Waals surface area contributed by atoms with Crippen molar-refractivity contribution < 1.29 is 33.7 Å². The molecular weight excluding hydrogens is 558 g/mol. The fourth-order valence-electron chi connectivity index (χ4n) is 11.5. The average molecular weight is 616 g/mol. The van der Waals surface area contributed by atoms with Crippen LogP contribution in [0.4, 0.5) is 0 Å². The van der Waals surface area contributed by atoms with Crippen molar-refractivity contribution in [2.45, 2.75) is 106 Å². The van der Waals surface area contributed by atoms with Gasteiger partial charge in [0.1, 0.15) is 12.2 Å². The fraction of sp³-hybridized carbons (Fsp3) is 0.861. The molecule has 0 aromatic carbocycles. The van der Waals surface area contributed by atoms with Crippen LogP contribution in [0.25, 0.3) is 0 Å². The first kappa shape index (κ1) is 33.4.